The summed E-state index contributed by atoms with van der Waals surface area (Å²) in [6.45, 7) is 5.44. The average molecular weight is 751 g/mol. The first-order valence-electron chi connectivity index (χ1n) is 17.1. The van der Waals surface area contributed by atoms with Crippen molar-refractivity contribution in [1.82, 2.24) is 10.2 Å². The van der Waals surface area contributed by atoms with Crippen molar-refractivity contribution in [2.75, 3.05) is 40.2 Å². The van der Waals surface area contributed by atoms with Crippen molar-refractivity contribution >= 4 is 17.8 Å². The lowest BCUT2D eigenvalue weighted by molar-refractivity contribution is -0.192. The van der Waals surface area contributed by atoms with Gasteiger partial charge in [0.25, 0.3) is 0 Å². The summed E-state index contributed by atoms with van der Waals surface area (Å²) in [6.07, 6.45) is -5.08. The van der Waals surface area contributed by atoms with E-state index in [2.05, 4.69) is 5.32 Å². The van der Waals surface area contributed by atoms with E-state index in [1.807, 2.05) is 110 Å². The maximum absolute atomic E-state index is 14.1. The Morgan fingerprint density at radius 2 is 1.43 bits per heavy atom. The fraction of sp³-hybridized carbons (Fsp3) is 0.325. The lowest BCUT2D eigenvalue weighted by Crippen LogP contribution is -2.40. The number of carboxylic acids is 2. The number of carbonyl (C=O) groups excluding carboxylic acids is 1. The Bertz CT molecular complexity index is 1890. The maximum atomic E-state index is 14.1. The summed E-state index contributed by atoms with van der Waals surface area (Å²) in [7, 11) is 1.62. The quantitative estimate of drug-likeness (QED) is 0.139. The zero-order valence-electron chi connectivity index (χ0n) is 29.8. The van der Waals surface area contributed by atoms with Crippen LogP contribution in [-0.2, 0) is 19.1 Å². The van der Waals surface area contributed by atoms with Gasteiger partial charge in [0.15, 0.2) is 11.5 Å². The molecule has 4 aromatic rings. The zero-order valence-corrected chi connectivity index (χ0v) is 29.8. The monoisotopic (exact) mass is 750 g/mol. The Kier molecular flexibility index (Phi) is 12.8. The second kappa shape index (κ2) is 17.5. The van der Waals surface area contributed by atoms with Crippen LogP contribution in [0, 0.1) is 19.8 Å². The molecule has 14 heteroatoms. The first-order chi connectivity index (χ1) is 25.8. The normalized spacial score (nSPS) is 17.8. The number of nitrogens with zero attached hydrogens (tertiary/aromatic N) is 1. The molecule has 0 spiro atoms. The second-order valence-corrected chi connectivity index (χ2v) is 12.9. The van der Waals surface area contributed by atoms with Crippen LogP contribution in [0.4, 0.5) is 13.2 Å². The van der Waals surface area contributed by atoms with Gasteiger partial charge in [-0.05, 0) is 71.5 Å². The minimum atomic E-state index is -5.08. The SMILES string of the molecule is COCCOc1ccc([C@H]2[C@H](C(=O)O)[C@@H](c3ccc4c(c3)OCO4)CN2CC(=O)NC(c2ccccc2C)c2ccccc2C)cc1.O=C(O)C(F)(F)F. The number of rotatable bonds is 12. The van der Waals surface area contributed by atoms with E-state index in [0.29, 0.717) is 37.0 Å². The summed E-state index contributed by atoms with van der Waals surface area (Å²) < 4.78 is 53.7. The molecule has 54 heavy (non-hydrogen) atoms. The number of benzene rings is 4. The third kappa shape index (κ3) is 9.49. The molecule has 3 N–H and O–H groups in total. The van der Waals surface area contributed by atoms with Crippen LogP contribution in [0.3, 0.4) is 0 Å². The lowest BCUT2D eigenvalue weighted by atomic mass is 9.82. The van der Waals surface area contributed by atoms with Gasteiger partial charge in [-0.15, -0.1) is 0 Å². The molecule has 2 heterocycles. The van der Waals surface area contributed by atoms with Crippen LogP contribution in [0.25, 0.3) is 0 Å². The zero-order chi connectivity index (χ0) is 39.0. The van der Waals surface area contributed by atoms with Crippen molar-refractivity contribution < 1.29 is 56.7 Å². The first kappa shape index (κ1) is 39.6. The molecule has 286 valence electrons. The number of hydrogen-bond donors (Lipinski definition) is 3. The van der Waals surface area contributed by atoms with Gasteiger partial charge in [-0.1, -0.05) is 66.7 Å². The summed E-state index contributed by atoms with van der Waals surface area (Å²) >= 11 is 0. The summed E-state index contributed by atoms with van der Waals surface area (Å²) in [6, 6.07) is 28.2. The van der Waals surface area contributed by atoms with E-state index < -0.39 is 36.0 Å². The molecule has 0 radical (unpaired) electrons. The molecule has 1 fully saturated rings. The van der Waals surface area contributed by atoms with Gasteiger partial charge in [0.05, 0.1) is 25.1 Å². The minimum absolute atomic E-state index is 0.00977. The lowest BCUT2D eigenvalue weighted by Gasteiger charge is -2.29. The summed E-state index contributed by atoms with van der Waals surface area (Å²) in [4.78, 5) is 38.0. The van der Waals surface area contributed by atoms with Gasteiger partial charge in [0.1, 0.15) is 12.4 Å². The summed E-state index contributed by atoms with van der Waals surface area (Å²) in [5, 5.41) is 21.1. The van der Waals surface area contributed by atoms with Crippen LogP contribution >= 0.6 is 0 Å². The highest BCUT2D eigenvalue weighted by Crippen LogP contribution is 2.48. The number of ether oxygens (including phenoxy) is 4. The number of fused-ring (bicyclic) bond motifs is 1. The van der Waals surface area contributed by atoms with Gasteiger partial charge < -0.3 is 34.5 Å². The second-order valence-electron chi connectivity index (χ2n) is 12.9. The summed E-state index contributed by atoms with van der Waals surface area (Å²) in [5.74, 6) is -3.22. The molecule has 0 aromatic heterocycles. The molecule has 4 aromatic carbocycles. The molecular formula is C40H41F3N2O9. The van der Waals surface area contributed by atoms with E-state index in [-0.39, 0.29) is 25.3 Å². The van der Waals surface area contributed by atoms with Crippen molar-refractivity contribution in [2.24, 2.45) is 5.92 Å². The largest absolute Gasteiger partial charge is 0.491 e. The van der Waals surface area contributed by atoms with Crippen LogP contribution in [0.1, 0.15) is 51.4 Å². The fourth-order valence-corrected chi connectivity index (χ4v) is 6.81. The van der Waals surface area contributed by atoms with Crippen LogP contribution in [0.15, 0.2) is 91.0 Å². The number of methoxy groups -OCH3 is 1. The van der Waals surface area contributed by atoms with E-state index in [1.54, 1.807) is 7.11 Å². The molecule has 0 unspecified atom stereocenters. The van der Waals surface area contributed by atoms with Crippen molar-refractivity contribution in [3.8, 4) is 17.2 Å². The van der Waals surface area contributed by atoms with Crippen molar-refractivity contribution in [3.05, 3.63) is 124 Å². The number of amides is 1. The van der Waals surface area contributed by atoms with Gasteiger partial charge in [-0.3, -0.25) is 14.5 Å². The maximum Gasteiger partial charge on any atom is 0.490 e. The highest BCUT2D eigenvalue weighted by molar-refractivity contribution is 5.80. The Morgan fingerprint density at radius 3 is 1.98 bits per heavy atom. The van der Waals surface area contributed by atoms with Crippen molar-refractivity contribution in [1.29, 1.82) is 0 Å². The molecule has 1 amide bonds. The number of nitrogens with one attached hydrogen (secondary N) is 1. The van der Waals surface area contributed by atoms with Gasteiger partial charge >= 0.3 is 18.1 Å². The number of carboxylic acid groups (broad SMARTS) is 2. The van der Waals surface area contributed by atoms with Crippen LogP contribution in [0.2, 0.25) is 0 Å². The fourth-order valence-electron chi connectivity index (χ4n) is 6.81. The number of hydrogen-bond acceptors (Lipinski definition) is 8. The molecule has 2 aliphatic heterocycles. The standard InChI is InChI=1S/C38H40N2O7.C2HF3O2/c1-24-8-4-6-10-29(24)36(30-11-7-5-9-25(30)2)39-34(41)22-40-21-31(27-14-17-32-33(20-27)47-23-46-32)35(38(42)43)37(40)26-12-15-28(16-13-26)45-19-18-44-3;3-2(4,5)1(6)7/h4-17,20,31,35-37H,18-19,21-23H2,1-3H3,(H,39,41)(H,42,43);(H,6,7)/t31-,35-,37+;/m1./s1. The molecule has 11 nitrogen and oxygen atoms in total. The van der Waals surface area contributed by atoms with Gasteiger partial charge in [-0.2, -0.15) is 13.2 Å². The Balaban J connectivity index is 0.000000730. The predicted octanol–water partition coefficient (Wildman–Crippen LogP) is 6.44. The number of likely N-dealkylation sites (tertiary alicyclic amines) is 1. The van der Waals surface area contributed by atoms with Crippen LogP contribution < -0.4 is 19.5 Å². The van der Waals surface area contributed by atoms with E-state index in [4.69, 9.17) is 28.8 Å². The number of halogens is 3. The number of aryl methyl sites for hydroxylation is 2. The molecule has 0 aliphatic carbocycles. The van der Waals surface area contributed by atoms with Crippen molar-refractivity contribution in [3.63, 3.8) is 0 Å². The van der Waals surface area contributed by atoms with Gasteiger partial charge in [0, 0.05) is 25.6 Å². The highest BCUT2D eigenvalue weighted by atomic mass is 19.4. The predicted molar refractivity (Wildman–Crippen MR) is 191 cm³/mol. The Hall–Kier alpha value is -5.60. The molecule has 1 saturated heterocycles. The van der Waals surface area contributed by atoms with Crippen molar-refractivity contribution in [2.45, 2.75) is 38.0 Å². The minimum Gasteiger partial charge on any atom is -0.491 e. The Labute approximate surface area is 310 Å². The molecular weight excluding hydrogens is 709 g/mol. The van der Waals surface area contributed by atoms with E-state index in [9.17, 15) is 27.9 Å². The van der Waals surface area contributed by atoms with E-state index in [1.165, 1.54) is 0 Å². The molecule has 3 atom stereocenters. The third-order valence-electron chi connectivity index (χ3n) is 9.38. The molecule has 0 saturated carbocycles. The molecule has 2 aliphatic rings. The first-order valence-corrected chi connectivity index (χ1v) is 17.1. The Morgan fingerprint density at radius 1 is 0.852 bits per heavy atom. The smallest absolute Gasteiger partial charge is 0.490 e. The molecule has 0 bridgehead atoms. The van der Waals surface area contributed by atoms with E-state index >= 15 is 0 Å². The van der Waals surface area contributed by atoms with Crippen LogP contribution in [0.5, 0.6) is 17.2 Å². The molecule has 6 rings (SSSR count). The number of carbonyl (C=O) groups is 3. The number of aliphatic carboxylic acids is 2. The topological polar surface area (TPSA) is 144 Å². The van der Waals surface area contributed by atoms with Crippen LogP contribution in [-0.4, -0.2) is 79.3 Å². The van der Waals surface area contributed by atoms with Gasteiger partial charge in [-0.25, -0.2) is 4.79 Å². The summed E-state index contributed by atoms with van der Waals surface area (Å²) in [5.41, 5.74) is 5.79. The average Bonchev–Trinajstić information content (AvgIpc) is 3.76. The number of alkyl halides is 3. The van der Waals surface area contributed by atoms with Gasteiger partial charge in [0.2, 0.25) is 12.7 Å². The highest BCUT2D eigenvalue weighted by Gasteiger charge is 2.48. The third-order valence-corrected chi connectivity index (χ3v) is 9.38. The van der Waals surface area contributed by atoms with E-state index in [0.717, 1.165) is 33.4 Å².